The molecule has 1 aliphatic carbocycles. The molecular formula is C21H17NSi. The van der Waals surface area contributed by atoms with Gasteiger partial charge in [-0.3, -0.25) is 0 Å². The van der Waals surface area contributed by atoms with Crippen LogP contribution in [0.3, 0.4) is 0 Å². The van der Waals surface area contributed by atoms with Gasteiger partial charge in [-0.2, -0.15) is 0 Å². The fourth-order valence-electron chi connectivity index (χ4n) is 3.95. The number of anilines is 2. The van der Waals surface area contributed by atoms with Gasteiger partial charge in [0.2, 0.25) is 0 Å². The number of rotatable bonds is 0. The third kappa shape index (κ3) is 1.73. The molecule has 2 aliphatic rings. The van der Waals surface area contributed by atoms with E-state index in [-0.39, 0.29) is 5.41 Å². The molecule has 3 aromatic carbocycles. The van der Waals surface area contributed by atoms with E-state index in [1.54, 1.807) is 0 Å². The SMILES string of the molecule is CC1(C)c2ccccc2-c2cc3c(cc21)[Si]c1ccccc1N3. The normalized spacial score (nSPS) is 15.9. The minimum Gasteiger partial charge on any atom is -0.356 e. The molecule has 1 N–H and O–H groups in total. The van der Waals surface area contributed by atoms with Crippen molar-refractivity contribution in [1.82, 2.24) is 0 Å². The number of hydrogen-bond acceptors (Lipinski definition) is 1. The summed E-state index contributed by atoms with van der Waals surface area (Å²) in [6.07, 6.45) is 0. The zero-order valence-corrected chi connectivity index (χ0v) is 14.3. The van der Waals surface area contributed by atoms with Gasteiger partial charge in [0.25, 0.3) is 0 Å². The first-order valence-corrected chi connectivity index (χ1v) is 9.06. The molecule has 0 saturated carbocycles. The van der Waals surface area contributed by atoms with Gasteiger partial charge < -0.3 is 5.32 Å². The Morgan fingerprint density at radius 3 is 2.43 bits per heavy atom. The first-order valence-electron chi connectivity index (χ1n) is 8.06. The Balaban J connectivity index is 1.74. The third-order valence-electron chi connectivity index (χ3n) is 5.19. The maximum absolute atomic E-state index is 3.64. The van der Waals surface area contributed by atoms with Crippen LogP contribution in [0.1, 0.15) is 25.0 Å². The number of fused-ring (bicyclic) bond motifs is 5. The summed E-state index contributed by atoms with van der Waals surface area (Å²) in [5.41, 5.74) is 8.30. The van der Waals surface area contributed by atoms with Crippen molar-refractivity contribution < 1.29 is 0 Å². The van der Waals surface area contributed by atoms with E-state index in [4.69, 9.17) is 0 Å². The number of benzene rings is 3. The van der Waals surface area contributed by atoms with E-state index < -0.39 is 0 Å². The molecule has 110 valence electrons. The molecule has 0 spiro atoms. The van der Waals surface area contributed by atoms with Crippen molar-refractivity contribution in [2.45, 2.75) is 19.3 Å². The molecule has 0 bridgehead atoms. The van der Waals surface area contributed by atoms with Gasteiger partial charge in [-0.15, -0.1) is 0 Å². The second-order valence-electron chi connectivity index (χ2n) is 6.91. The molecule has 0 aromatic heterocycles. The molecule has 2 radical (unpaired) electrons. The first-order chi connectivity index (χ1) is 11.1. The van der Waals surface area contributed by atoms with Gasteiger partial charge >= 0.3 is 0 Å². The quantitative estimate of drug-likeness (QED) is 0.488. The first kappa shape index (κ1) is 13.1. The van der Waals surface area contributed by atoms with Crippen LogP contribution in [-0.2, 0) is 5.41 Å². The molecule has 0 atom stereocenters. The van der Waals surface area contributed by atoms with Gasteiger partial charge in [0.15, 0.2) is 0 Å². The van der Waals surface area contributed by atoms with Crippen molar-refractivity contribution in [3.63, 3.8) is 0 Å². The Morgan fingerprint density at radius 2 is 1.52 bits per heavy atom. The smallest absolute Gasteiger partial charge is 0.127 e. The lowest BCUT2D eigenvalue weighted by atomic mass is 9.82. The zero-order valence-electron chi connectivity index (χ0n) is 13.3. The topological polar surface area (TPSA) is 12.0 Å². The Bertz CT molecular complexity index is 956. The molecule has 3 aromatic rings. The maximum atomic E-state index is 3.64. The highest BCUT2D eigenvalue weighted by Crippen LogP contribution is 2.49. The second-order valence-corrected chi connectivity index (χ2v) is 8.24. The van der Waals surface area contributed by atoms with E-state index in [9.17, 15) is 0 Å². The fraction of sp³-hybridized carbons (Fsp3) is 0.143. The number of hydrogen-bond donors (Lipinski definition) is 1. The summed E-state index contributed by atoms with van der Waals surface area (Å²) in [5, 5.41) is 6.48. The van der Waals surface area contributed by atoms with Crippen LogP contribution in [0, 0.1) is 0 Å². The Hall–Kier alpha value is -2.32. The van der Waals surface area contributed by atoms with E-state index in [0.717, 1.165) is 9.52 Å². The lowest BCUT2D eigenvalue weighted by molar-refractivity contribution is 0.661. The fourth-order valence-corrected chi connectivity index (χ4v) is 5.18. The van der Waals surface area contributed by atoms with E-state index in [0.29, 0.717) is 0 Å². The molecule has 1 heterocycles. The summed E-state index contributed by atoms with van der Waals surface area (Å²) in [6.45, 7) is 4.69. The van der Waals surface area contributed by atoms with Gasteiger partial charge in [-0.25, -0.2) is 0 Å². The molecule has 0 saturated heterocycles. The third-order valence-corrected chi connectivity index (χ3v) is 6.58. The van der Waals surface area contributed by atoms with Crippen LogP contribution < -0.4 is 15.7 Å². The summed E-state index contributed by atoms with van der Waals surface area (Å²) in [6, 6.07) is 22.3. The van der Waals surface area contributed by atoms with E-state index in [1.165, 1.54) is 44.0 Å². The van der Waals surface area contributed by atoms with E-state index >= 15 is 0 Å². The Morgan fingerprint density at radius 1 is 0.739 bits per heavy atom. The van der Waals surface area contributed by atoms with Crippen LogP contribution >= 0.6 is 0 Å². The minimum absolute atomic E-state index is 0.0857. The van der Waals surface area contributed by atoms with Crippen LogP contribution in [0.5, 0.6) is 0 Å². The largest absolute Gasteiger partial charge is 0.356 e. The number of nitrogens with one attached hydrogen (secondary N) is 1. The molecule has 1 aliphatic heterocycles. The Kier molecular flexibility index (Phi) is 2.49. The van der Waals surface area contributed by atoms with E-state index in [2.05, 4.69) is 79.8 Å². The molecule has 0 fully saturated rings. The average molecular weight is 311 g/mol. The minimum atomic E-state index is 0.0857. The van der Waals surface area contributed by atoms with Gasteiger partial charge in [-0.1, -0.05) is 62.4 Å². The summed E-state index contributed by atoms with van der Waals surface area (Å²) in [7, 11) is 0.728. The van der Waals surface area contributed by atoms with Crippen LogP contribution in [0.4, 0.5) is 11.4 Å². The maximum Gasteiger partial charge on any atom is 0.127 e. The summed E-state index contributed by atoms with van der Waals surface area (Å²) >= 11 is 0. The van der Waals surface area contributed by atoms with Crippen molar-refractivity contribution in [2.75, 3.05) is 5.32 Å². The van der Waals surface area contributed by atoms with Crippen LogP contribution in [-0.4, -0.2) is 9.52 Å². The predicted octanol–water partition coefficient (Wildman–Crippen LogP) is 3.70. The lowest BCUT2D eigenvalue weighted by Crippen LogP contribution is -2.36. The molecule has 0 amide bonds. The molecule has 23 heavy (non-hydrogen) atoms. The van der Waals surface area contributed by atoms with Gasteiger partial charge in [0.1, 0.15) is 9.52 Å². The highest BCUT2D eigenvalue weighted by Gasteiger charge is 2.36. The second kappa shape index (κ2) is 4.36. The predicted molar refractivity (Wildman–Crippen MR) is 98.8 cm³/mol. The monoisotopic (exact) mass is 311 g/mol. The molecular weight excluding hydrogens is 294 g/mol. The van der Waals surface area contributed by atoms with Crippen LogP contribution in [0.2, 0.25) is 0 Å². The summed E-state index contributed by atoms with van der Waals surface area (Å²) in [4.78, 5) is 0. The van der Waals surface area contributed by atoms with Crippen molar-refractivity contribution in [3.05, 3.63) is 71.8 Å². The van der Waals surface area contributed by atoms with E-state index in [1.807, 2.05) is 0 Å². The van der Waals surface area contributed by atoms with Crippen molar-refractivity contribution in [2.24, 2.45) is 0 Å². The Labute approximate surface area is 139 Å². The van der Waals surface area contributed by atoms with Crippen molar-refractivity contribution >= 4 is 31.3 Å². The highest BCUT2D eigenvalue weighted by atomic mass is 28.2. The standard InChI is InChI=1S/C21H17NSi/c1-21(2)15-8-4-3-7-13(15)14-11-18-20(12-16(14)21)23-19-10-6-5-9-17(19)22-18/h3-12,22H,1-2H3. The summed E-state index contributed by atoms with van der Waals surface area (Å²) in [5.74, 6) is 0. The molecule has 1 nitrogen and oxygen atoms in total. The van der Waals surface area contributed by atoms with Gasteiger partial charge in [0.05, 0.1) is 0 Å². The lowest BCUT2D eigenvalue weighted by Gasteiger charge is -2.25. The number of para-hydroxylation sites is 1. The van der Waals surface area contributed by atoms with Crippen molar-refractivity contribution in [3.8, 4) is 11.1 Å². The molecule has 0 unspecified atom stereocenters. The van der Waals surface area contributed by atoms with Crippen molar-refractivity contribution in [1.29, 1.82) is 0 Å². The van der Waals surface area contributed by atoms with Crippen LogP contribution in [0.25, 0.3) is 11.1 Å². The highest BCUT2D eigenvalue weighted by molar-refractivity contribution is 6.71. The summed E-state index contributed by atoms with van der Waals surface area (Å²) < 4.78 is 0. The zero-order chi connectivity index (χ0) is 15.6. The van der Waals surface area contributed by atoms with Gasteiger partial charge in [0, 0.05) is 16.8 Å². The molecule has 2 heteroatoms. The van der Waals surface area contributed by atoms with Gasteiger partial charge in [-0.05, 0) is 44.8 Å². The molecule has 5 rings (SSSR count). The van der Waals surface area contributed by atoms with Crippen LogP contribution in [0.15, 0.2) is 60.7 Å². The average Bonchev–Trinajstić information content (AvgIpc) is 2.79.